The van der Waals surface area contributed by atoms with Crippen molar-refractivity contribution in [2.24, 2.45) is 0 Å². The predicted molar refractivity (Wildman–Crippen MR) is 88.7 cm³/mol. The lowest BCUT2D eigenvalue weighted by molar-refractivity contribution is -0.114. The molecule has 1 amide bonds. The number of nitriles is 1. The van der Waals surface area contributed by atoms with Gasteiger partial charge in [-0.25, -0.2) is 0 Å². The summed E-state index contributed by atoms with van der Waals surface area (Å²) in [5, 5.41) is 12.3. The van der Waals surface area contributed by atoms with Crippen molar-refractivity contribution >= 4 is 17.3 Å². The van der Waals surface area contributed by atoms with Crippen LogP contribution in [0.25, 0.3) is 0 Å². The summed E-state index contributed by atoms with van der Waals surface area (Å²) >= 11 is 0. The highest BCUT2D eigenvalue weighted by Gasteiger charge is 2.24. The number of pyridine rings is 1. The van der Waals surface area contributed by atoms with E-state index < -0.39 is 0 Å². The van der Waals surface area contributed by atoms with E-state index in [1.54, 1.807) is 23.4 Å². The number of nitrogens with zero attached hydrogens (tertiary/aromatic N) is 3. The van der Waals surface area contributed by atoms with Crippen LogP contribution in [0.4, 0.5) is 11.4 Å². The van der Waals surface area contributed by atoms with Crippen LogP contribution in [0.3, 0.4) is 0 Å². The van der Waals surface area contributed by atoms with Gasteiger partial charge in [0.05, 0.1) is 11.9 Å². The molecule has 114 valence electrons. The molecule has 5 nitrogen and oxygen atoms in total. The number of carbonyl (C=O) groups is 1. The molecule has 1 aromatic heterocycles. The highest BCUT2D eigenvalue weighted by Crippen LogP contribution is 2.27. The molecular formula is C18H16N4O. The van der Waals surface area contributed by atoms with Gasteiger partial charge in [0.1, 0.15) is 11.6 Å². The van der Waals surface area contributed by atoms with E-state index >= 15 is 0 Å². The Bertz CT molecular complexity index is 777. The van der Waals surface area contributed by atoms with Crippen molar-refractivity contribution in [3.8, 4) is 6.07 Å². The van der Waals surface area contributed by atoms with E-state index in [1.807, 2.05) is 36.4 Å². The molecule has 0 aliphatic carbocycles. The maximum absolute atomic E-state index is 12.7. The second kappa shape index (κ2) is 6.75. The van der Waals surface area contributed by atoms with E-state index in [0.717, 1.165) is 29.8 Å². The van der Waals surface area contributed by atoms with Gasteiger partial charge in [-0.05, 0) is 36.6 Å². The van der Waals surface area contributed by atoms with Crippen LogP contribution in [0.5, 0.6) is 0 Å². The number of fused-ring (bicyclic) bond motifs is 1. The van der Waals surface area contributed by atoms with E-state index in [1.165, 1.54) is 6.20 Å². The molecule has 23 heavy (non-hydrogen) atoms. The summed E-state index contributed by atoms with van der Waals surface area (Å²) < 4.78 is 0. The lowest BCUT2D eigenvalue weighted by Crippen LogP contribution is -2.36. The lowest BCUT2D eigenvalue weighted by atomic mass is 10.0. The monoisotopic (exact) mass is 304 g/mol. The Labute approximate surface area is 134 Å². The zero-order valence-electron chi connectivity index (χ0n) is 12.6. The van der Waals surface area contributed by atoms with Crippen molar-refractivity contribution < 1.29 is 4.79 Å². The summed E-state index contributed by atoms with van der Waals surface area (Å²) in [5.74, 6) is -0.281. The third-order valence-electron chi connectivity index (χ3n) is 3.75. The number of amides is 1. The fraction of sp³-hybridized carbons (Fsp3) is 0.167. The lowest BCUT2D eigenvalue weighted by Gasteiger charge is -2.29. The van der Waals surface area contributed by atoms with Gasteiger partial charge in [0, 0.05) is 24.6 Å². The van der Waals surface area contributed by atoms with E-state index in [2.05, 4.69) is 10.3 Å². The van der Waals surface area contributed by atoms with Crippen LogP contribution < -0.4 is 10.2 Å². The Balaban J connectivity index is 1.83. The average molecular weight is 304 g/mol. The van der Waals surface area contributed by atoms with Crippen molar-refractivity contribution in [2.75, 3.05) is 16.8 Å². The molecule has 2 heterocycles. The molecule has 3 rings (SSSR count). The number of benzene rings is 1. The van der Waals surface area contributed by atoms with E-state index in [0.29, 0.717) is 6.54 Å². The van der Waals surface area contributed by atoms with Gasteiger partial charge in [-0.3, -0.25) is 9.78 Å². The first-order valence-electron chi connectivity index (χ1n) is 7.46. The fourth-order valence-corrected chi connectivity index (χ4v) is 2.64. The molecular weight excluding hydrogens is 288 g/mol. The molecule has 1 N–H and O–H groups in total. The van der Waals surface area contributed by atoms with Gasteiger partial charge in [0.15, 0.2) is 0 Å². The standard InChI is InChI=1S/C18H16N4O/c19-11-15(12-21-16-7-3-9-20-13-16)18(23)22-10-4-6-14-5-1-2-8-17(14)22/h1-3,5,7-9,12-13,21H,4,6,10H2/b15-12-. The van der Waals surface area contributed by atoms with Gasteiger partial charge in [-0.15, -0.1) is 0 Å². The van der Waals surface area contributed by atoms with Crippen LogP contribution in [0.1, 0.15) is 12.0 Å². The SMILES string of the molecule is N#C/C(=C/Nc1cccnc1)C(=O)N1CCCc2ccccc21. The number of hydrogen-bond donors (Lipinski definition) is 1. The summed E-state index contributed by atoms with van der Waals surface area (Å²) in [4.78, 5) is 18.4. The molecule has 0 radical (unpaired) electrons. The number of anilines is 2. The van der Waals surface area contributed by atoms with Gasteiger partial charge in [-0.1, -0.05) is 18.2 Å². The number of aryl methyl sites for hydroxylation is 1. The molecule has 0 atom stereocenters. The molecule has 0 spiro atoms. The highest BCUT2D eigenvalue weighted by atomic mass is 16.2. The first-order valence-corrected chi connectivity index (χ1v) is 7.46. The smallest absolute Gasteiger partial charge is 0.270 e. The number of rotatable bonds is 3. The number of nitrogens with one attached hydrogen (secondary N) is 1. The van der Waals surface area contributed by atoms with E-state index in [4.69, 9.17) is 0 Å². The molecule has 0 saturated heterocycles. The second-order valence-corrected chi connectivity index (χ2v) is 5.24. The average Bonchev–Trinajstić information content (AvgIpc) is 2.62. The quantitative estimate of drug-likeness (QED) is 0.699. The molecule has 0 unspecified atom stereocenters. The van der Waals surface area contributed by atoms with Crippen LogP contribution in [0, 0.1) is 11.3 Å². The van der Waals surface area contributed by atoms with Crippen molar-refractivity contribution in [3.63, 3.8) is 0 Å². The zero-order chi connectivity index (χ0) is 16.1. The summed E-state index contributed by atoms with van der Waals surface area (Å²) in [6.07, 6.45) is 6.59. The van der Waals surface area contributed by atoms with Crippen molar-refractivity contribution in [1.82, 2.24) is 4.98 Å². The van der Waals surface area contributed by atoms with E-state index in [-0.39, 0.29) is 11.5 Å². The first-order chi connectivity index (χ1) is 11.3. The molecule has 0 fully saturated rings. The largest absolute Gasteiger partial charge is 0.359 e. The highest BCUT2D eigenvalue weighted by molar-refractivity contribution is 6.09. The minimum absolute atomic E-state index is 0.0746. The molecule has 1 aliphatic heterocycles. The summed E-state index contributed by atoms with van der Waals surface area (Å²) in [7, 11) is 0. The van der Waals surface area contributed by atoms with Gasteiger partial charge in [0.25, 0.3) is 5.91 Å². The minimum atomic E-state index is -0.281. The summed E-state index contributed by atoms with van der Waals surface area (Å²) in [5.41, 5.74) is 2.84. The van der Waals surface area contributed by atoms with Crippen molar-refractivity contribution in [3.05, 3.63) is 66.1 Å². The zero-order valence-corrected chi connectivity index (χ0v) is 12.6. The Morgan fingerprint density at radius 3 is 2.96 bits per heavy atom. The van der Waals surface area contributed by atoms with Crippen molar-refractivity contribution in [1.29, 1.82) is 5.26 Å². The predicted octanol–water partition coefficient (Wildman–Crippen LogP) is 2.88. The van der Waals surface area contributed by atoms with Crippen LogP contribution >= 0.6 is 0 Å². The van der Waals surface area contributed by atoms with Gasteiger partial charge >= 0.3 is 0 Å². The minimum Gasteiger partial charge on any atom is -0.359 e. The normalized spacial score (nSPS) is 13.9. The first kappa shape index (κ1) is 14.8. The van der Waals surface area contributed by atoms with Crippen LogP contribution in [-0.4, -0.2) is 17.4 Å². The Morgan fingerprint density at radius 2 is 2.17 bits per heavy atom. The molecule has 2 aromatic rings. The van der Waals surface area contributed by atoms with Gasteiger partial charge < -0.3 is 10.2 Å². The number of hydrogen-bond acceptors (Lipinski definition) is 4. The van der Waals surface area contributed by atoms with E-state index in [9.17, 15) is 10.1 Å². The Kier molecular flexibility index (Phi) is 4.34. The number of aromatic nitrogens is 1. The number of carbonyl (C=O) groups excluding carboxylic acids is 1. The maximum Gasteiger partial charge on any atom is 0.270 e. The molecule has 0 saturated carbocycles. The second-order valence-electron chi connectivity index (χ2n) is 5.24. The number of para-hydroxylation sites is 1. The molecule has 1 aromatic carbocycles. The maximum atomic E-state index is 12.7. The van der Waals surface area contributed by atoms with Gasteiger partial charge in [-0.2, -0.15) is 5.26 Å². The van der Waals surface area contributed by atoms with Crippen LogP contribution in [0.2, 0.25) is 0 Å². The molecule has 1 aliphatic rings. The Hall–Kier alpha value is -3.13. The Morgan fingerprint density at radius 1 is 1.30 bits per heavy atom. The topological polar surface area (TPSA) is 69.0 Å². The summed E-state index contributed by atoms with van der Waals surface area (Å²) in [6.45, 7) is 0.627. The molecule has 5 heteroatoms. The van der Waals surface area contributed by atoms with Gasteiger partial charge in [0.2, 0.25) is 0 Å². The van der Waals surface area contributed by atoms with Crippen LogP contribution in [0.15, 0.2) is 60.6 Å². The fourth-order valence-electron chi connectivity index (χ4n) is 2.64. The van der Waals surface area contributed by atoms with Crippen LogP contribution in [-0.2, 0) is 11.2 Å². The third-order valence-corrected chi connectivity index (χ3v) is 3.75. The third kappa shape index (κ3) is 3.22. The summed E-state index contributed by atoms with van der Waals surface area (Å²) in [6, 6.07) is 13.4. The molecule has 0 bridgehead atoms. The van der Waals surface area contributed by atoms with Crippen molar-refractivity contribution in [2.45, 2.75) is 12.8 Å².